The van der Waals surface area contributed by atoms with Crippen LogP contribution >= 0.6 is 23.2 Å². The minimum atomic E-state index is 0.532. The van der Waals surface area contributed by atoms with Crippen molar-refractivity contribution in [1.82, 2.24) is 9.55 Å². The van der Waals surface area contributed by atoms with Crippen LogP contribution in [0, 0.1) is 0 Å². The SMILES string of the molecule is Nc1c(-c2cc(Cl)ccc2Cl)nc(C2CC2)n1C1CC1. The number of hydrogen-bond donors (Lipinski definition) is 1. The number of halogens is 2. The zero-order chi connectivity index (χ0) is 13.9. The number of anilines is 1. The van der Waals surface area contributed by atoms with Gasteiger partial charge in [-0.05, 0) is 43.9 Å². The van der Waals surface area contributed by atoms with E-state index in [9.17, 15) is 0 Å². The standard InChI is InChI=1S/C15H15Cl2N3/c16-9-3-6-12(17)11(7-9)13-14(18)20(10-4-5-10)15(19-13)8-1-2-8/h3,6-8,10H,1-2,4-5,18H2. The summed E-state index contributed by atoms with van der Waals surface area (Å²) in [6, 6.07) is 5.95. The van der Waals surface area contributed by atoms with Gasteiger partial charge in [0.05, 0.1) is 5.02 Å². The van der Waals surface area contributed by atoms with Gasteiger partial charge in [-0.25, -0.2) is 4.98 Å². The average Bonchev–Trinajstić information content (AvgIpc) is 3.31. The highest BCUT2D eigenvalue weighted by atomic mass is 35.5. The molecule has 20 heavy (non-hydrogen) atoms. The fraction of sp³-hybridized carbons (Fsp3) is 0.400. The third-order valence-corrected chi connectivity index (χ3v) is 4.58. The minimum absolute atomic E-state index is 0.532. The molecule has 0 amide bonds. The van der Waals surface area contributed by atoms with Crippen LogP contribution in [0.1, 0.15) is 43.5 Å². The second-order valence-corrected chi connectivity index (χ2v) is 6.55. The Balaban J connectivity index is 1.89. The predicted molar refractivity (Wildman–Crippen MR) is 82.3 cm³/mol. The van der Waals surface area contributed by atoms with Gasteiger partial charge >= 0.3 is 0 Å². The maximum Gasteiger partial charge on any atom is 0.132 e. The first kappa shape index (κ1) is 12.5. The molecule has 0 spiro atoms. The van der Waals surface area contributed by atoms with Crippen LogP contribution in [-0.2, 0) is 0 Å². The maximum atomic E-state index is 6.36. The Labute approximate surface area is 127 Å². The van der Waals surface area contributed by atoms with Gasteiger partial charge in [0.1, 0.15) is 17.3 Å². The summed E-state index contributed by atoms with van der Waals surface area (Å²) >= 11 is 12.4. The molecule has 0 unspecified atom stereocenters. The number of imidazole rings is 1. The summed E-state index contributed by atoms with van der Waals surface area (Å²) in [6.07, 6.45) is 4.82. The van der Waals surface area contributed by atoms with Gasteiger partial charge in [0.2, 0.25) is 0 Å². The topological polar surface area (TPSA) is 43.8 Å². The minimum Gasteiger partial charge on any atom is -0.383 e. The van der Waals surface area contributed by atoms with Crippen molar-refractivity contribution in [2.24, 2.45) is 0 Å². The van der Waals surface area contributed by atoms with E-state index >= 15 is 0 Å². The molecule has 2 aliphatic rings. The van der Waals surface area contributed by atoms with Crippen LogP contribution < -0.4 is 5.73 Å². The van der Waals surface area contributed by atoms with E-state index in [4.69, 9.17) is 33.9 Å². The molecule has 104 valence electrons. The maximum absolute atomic E-state index is 6.36. The van der Waals surface area contributed by atoms with Crippen molar-refractivity contribution in [2.45, 2.75) is 37.6 Å². The normalized spacial score (nSPS) is 18.5. The van der Waals surface area contributed by atoms with Gasteiger partial charge in [0.25, 0.3) is 0 Å². The number of aromatic nitrogens is 2. The van der Waals surface area contributed by atoms with E-state index in [1.807, 2.05) is 6.07 Å². The Morgan fingerprint density at radius 1 is 1.15 bits per heavy atom. The van der Waals surface area contributed by atoms with Crippen molar-refractivity contribution in [3.05, 3.63) is 34.1 Å². The van der Waals surface area contributed by atoms with E-state index in [0.717, 1.165) is 22.9 Å². The van der Waals surface area contributed by atoms with E-state index < -0.39 is 0 Å². The van der Waals surface area contributed by atoms with Crippen LogP contribution in [0.2, 0.25) is 10.0 Å². The van der Waals surface area contributed by atoms with Crippen LogP contribution in [0.15, 0.2) is 18.2 Å². The first-order valence-corrected chi connectivity index (χ1v) is 7.73. The summed E-state index contributed by atoms with van der Waals surface area (Å²) in [5.74, 6) is 2.44. The zero-order valence-corrected chi connectivity index (χ0v) is 12.5. The molecule has 1 heterocycles. The highest BCUT2D eigenvalue weighted by molar-refractivity contribution is 6.35. The Bertz CT molecular complexity index is 685. The Kier molecular flexibility index (Phi) is 2.76. The van der Waals surface area contributed by atoms with Gasteiger partial charge in [-0.2, -0.15) is 0 Å². The van der Waals surface area contributed by atoms with Crippen molar-refractivity contribution in [2.75, 3.05) is 5.73 Å². The van der Waals surface area contributed by atoms with Crippen LogP contribution in [0.5, 0.6) is 0 Å². The lowest BCUT2D eigenvalue weighted by Crippen LogP contribution is -2.04. The third kappa shape index (κ3) is 2.00. The highest BCUT2D eigenvalue weighted by Crippen LogP contribution is 2.48. The van der Waals surface area contributed by atoms with Crippen molar-refractivity contribution in [3.8, 4) is 11.3 Å². The molecule has 0 atom stereocenters. The van der Waals surface area contributed by atoms with Gasteiger partial charge in [0.15, 0.2) is 0 Å². The third-order valence-electron chi connectivity index (χ3n) is 4.01. The number of nitrogen functional groups attached to an aromatic ring is 1. The summed E-state index contributed by atoms with van der Waals surface area (Å²) in [5.41, 5.74) is 7.98. The largest absolute Gasteiger partial charge is 0.383 e. The molecule has 1 aromatic heterocycles. The molecule has 0 saturated heterocycles. The fourth-order valence-corrected chi connectivity index (χ4v) is 3.07. The molecule has 3 nitrogen and oxygen atoms in total. The molecular weight excluding hydrogens is 293 g/mol. The Morgan fingerprint density at radius 2 is 1.90 bits per heavy atom. The summed E-state index contributed by atoms with van der Waals surface area (Å²) in [4.78, 5) is 4.80. The second-order valence-electron chi connectivity index (χ2n) is 5.70. The molecule has 4 rings (SSSR count). The number of nitrogens with two attached hydrogens (primary N) is 1. The molecule has 0 bridgehead atoms. The predicted octanol–water partition coefficient (Wildman–Crippen LogP) is 4.65. The summed E-state index contributed by atoms with van der Waals surface area (Å²) in [5, 5.41) is 1.29. The average molecular weight is 308 g/mol. The van der Waals surface area contributed by atoms with Crippen LogP contribution in [0.25, 0.3) is 11.3 Å². The van der Waals surface area contributed by atoms with Gasteiger partial charge in [-0.15, -0.1) is 0 Å². The van der Waals surface area contributed by atoms with Crippen molar-refractivity contribution >= 4 is 29.0 Å². The summed E-state index contributed by atoms with van der Waals surface area (Å²) < 4.78 is 2.23. The first-order chi connectivity index (χ1) is 9.65. The lowest BCUT2D eigenvalue weighted by atomic mass is 10.1. The first-order valence-electron chi connectivity index (χ1n) is 6.98. The van der Waals surface area contributed by atoms with E-state index in [1.54, 1.807) is 12.1 Å². The smallest absolute Gasteiger partial charge is 0.132 e. The molecule has 2 fully saturated rings. The van der Waals surface area contributed by atoms with Crippen molar-refractivity contribution < 1.29 is 0 Å². The van der Waals surface area contributed by atoms with E-state index in [-0.39, 0.29) is 0 Å². The van der Waals surface area contributed by atoms with E-state index in [2.05, 4.69) is 4.57 Å². The number of benzene rings is 1. The van der Waals surface area contributed by atoms with Crippen LogP contribution in [0.4, 0.5) is 5.82 Å². The van der Waals surface area contributed by atoms with Crippen LogP contribution in [0.3, 0.4) is 0 Å². The quantitative estimate of drug-likeness (QED) is 0.897. The monoisotopic (exact) mass is 307 g/mol. The summed E-state index contributed by atoms with van der Waals surface area (Å²) in [7, 11) is 0. The zero-order valence-electron chi connectivity index (χ0n) is 10.9. The van der Waals surface area contributed by atoms with E-state index in [1.165, 1.54) is 25.7 Å². The molecular formula is C15H15Cl2N3. The molecule has 0 radical (unpaired) electrons. The molecule has 1 aromatic carbocycles. The Morgan fingerprint density at radius 3 is 2.55 bits per heavy atom. The van der Waals surface area contributed by atoms with Gasteiger partial charge in [-0.3, -0.25) is 0 Å². The molecule has 2 saturated carbocycles. The molecule has 0 aliphatic heterocycles. The Hall–Kier alpha value is -1.19. The van der Waals surface area contributed by atoms with Crippen LogP contribution in [-0.4, -0.2) is 9.55 Å². The summed E-state index contributed by atoms with van der Waals surface area (Å²) in [6.45, 7) is 0. The highest BCUT2D eigenvalue weighted by Gasteiger charge is 2.36. The van der Waals surface area contributed by atoms with Crippen molar-refractivity contribution in [1.29, 1.82) is 0 Å². The van der Waals surface area contributed by atoms with Gasteiger partial charge in [0, 0.05) is 22.5 Å². The fourth-order valence-electron chi connectivity index (χ4n) is 2.69. The molecule has 2 aromatic rings. The number of hydrogen-bond acceptors (Lipinski definition) is 2. The lowest BCUT2D eigenvalue weighted by molar-refractivity contribution is 0.691. The lowest BCUT2D eigenvalue weighted by Gasteiger charge is -2.07. The molecule has 2 aliphatic carbocycles. The molecule has 2 N–H and O–H groups in total. The van der Waals surface area contributed by atoms with E-state index in [0.29, 0.717) is 22.0 Å². The number of rotatable bonds is 3. The van der Waals surface area contributed by atoms with Gasteiger partial charge in [-0.1, -0.05) is 23.2 Å². The second kappa shape index (κ2) is 4.40. The molecule has 5 heteroatoms. The van der Waals surface area contributed by atoms with Gasteiger partial charge < -0.3 is 10.3 Å². The van der Waals surface area contributed by atoms with Crippen molar-refractivity contribution in [3.63, 3.8) is 0 Å². The number of nitrogens with zero attached hydrogens (tertiary/aromatic N) is 2.